The summed E-state index contributed by atoms with van der Waals surface area (Å²) >= 11 is 0. The largest absolute Gasteiger partial charge is 0.355 e. The molecule has 0 aliphatic rings. The van der Waals surface area contributed by atoms with Crippen molar-refractivity contribution < 1.29 is 0 Å². The van der Waals surface area contributed by atoms with Crippen molar-refractivity contribution in [1.29, 1.82) is 0 Å². The molecule has 0 saturated carbocycles. The van der Waals surface area contributed by atoms with E-state index in [0.717, 1.165) is 22.7 Å². The van der Waals surface area contributed by atoms with E-state index in [-0.39, 0.29) is 5.41 Å². The lowest BCUT2D eigenvalue weighted by molar-refractivity contribution is 0.591. The molecule has 234 valence electrons. The number of hydrogen-bond donors (Lipinski definition) is 2. The van der Waals surface area contributed by atoms with Crippen molar-refractivity contribution in [3.05, 3.63) is 120 Å². The lowest BCUT2D eigenvalue weighted by Crippen LogP contribution is -2.38. The summed E-state index contributed by atoms with van der Waals surface area (Å²) in [4.78, 5) is 0. The SMILES string of the molecule is Cc1cc(Nc2c3ccccc3c(Nc3cc(C(C)(C)C)cc([Si](C)(C)C)c3)c3cc(-c4ccccc4)ccc23)cc([SiH](C)C)c1. The van der Waals surface area contributed by atoms with Gasteiger partial charge >= 0.3 is 0 Å². The molecule has 0 atom stereocenters. The van der Waals surface area contributed by atoms with Crippen LogP contribution in [0, 0.1) is 6.92 Å². The molecular formula is C42H48N2Si2. The predicted octanol–water partition coefficient (Wildman–Crippen LogP) is 11.0. The zero-order valence-electron chi connectivity index (χ0n) is 29.0. The minimum Gasteiger partial charge on any atom is -0.355 e. The van der Waals surface area contributed by atoms with E-state index in [1.807, 2.05) is 0 Å². The number of aryl methyl sites for hydroxylation is 1. The molecule has 0 saturated heterocycles. The highest BCUT2D eigenvalue weighted by atomic mass is 28.3. The Kier molecular flexibility index (Phi) is 8.47. The van der Waals surface area contributed by atoms with Crippen molar-refractivity contribution in [2.24, 2.45) is 0 Å². The standard InChI is InChI=1S/C42H48N2Si2/c1-28-21-32(26-34(22-28)45(5)6)43-40-36-17-13-14-18-37(36)41(39-23-30(19-20-38(39)40)29-15-11-10-12-16-29)44-33-24-31(42(2,3)4)25-35(27-33)46(7,8)9/h10-27,43-45H,1-9H3. The lowest BCUT2D eigenvalue weighted by Gasteiger charge is -2.26. The van der Waals surface area contributed by atoms with Gasteiger partial charge in [0.2, 0.25) is 0 Å². The van der Waals surface area contributed by atoms with Gasteiger partial charge in [-0.25, -0.2) is 0 Å². The summed E-state index contributed by atoms with van der Waals surface area (Å²) in [5, 5.41) is 15.8. The Morgan fingerprint density at radius 1 is 0.565 bits per heavy atom. The van der Waals surface area contributed by atoms with E-state index in [9.17, 15) is 0 Å². The van der Waals surface area contributed by atoms with Crippen molar-refractivity contribution in [2.75, 3.05) is 10.6 Å². The van der Waals surface area contributed by atoms with Crippen LogP contribution in [0.2, 0.25) is 32.7 Å². The van der Waals surface area contributed by atoms with Crippen LogP contribution in [0.25, 0.3) is 32.7 Å². The van der Waals surface area contributed by atoms with Crippen molar-refractivity contribution in [2.45, 2.75) is 65.8 Å². The van der Waals surface area contributed by atoms with Gasteiger partial charge in [-0.3, -0.25) is 0 Å². The summed E-state index contributed by atoms with van der Waals surface area (Å²) in [5.74, 6) is 0. The topological polar surface area (TPSA) is 24.1 Å². The van der Waals surface area contributed by atoms with E-state index in [1.54, 1.807) is 0 Å². The van der Waals surface area contributed by atoms with Crippen LogP contribution in [0.1, 0.15) is 31.9 Å². The summed E-state index contributed by atoms with van der Waals surface area (Å²) in [6, 6.07) is 40.8. The average Bonchev–Trinajstić information content (AvgIpc) is 3.01. The highest BCUT2D eigenvalue weighted by Crippen LogP contribution is 2.44. The maximum absolute atomic E-state index is 4.02. The minimum atomic E-state index is -1.57. The first-order chi connectivity index (χ1) is 21.8. The first-order valence-electron chi connectivity index (χ1n) is 16.6. The normalized spacial score (nSPS) is 12.2. The van der Waals surface area contributed by atoms with Crippen LogP contribution in [0.3, 0.4) is 0 Å². The highest BCUT2D eigenvalue weighted by Gasteiger charge is 2.23. The Hall–Kier alpha value is -4.13. The molecule has 2 nitrogen and oxygen atoms in total. The molecule has 0 bridgehead atoms. The van der Waals surface area contributed by atoms with Crippen LogP contribution in [0.5, 0.6) is 0 Å². The first kappa shape index (κ1) is 31.8. The van der Waals surface area contributed by atoms with Gasteiger partial charge in [-0.05, 0) is 64.9 Å². The molecular weight excluding hydrogens is 589 g/mol. The molecule has 6 aromatic carbocycles. The van der Waals surface area contributed by atoms with Gasteiger partial charge in [0, 0.05) is 32.9 Å². The van der Waals surface area contributed by atoms with E-state index >= 15 is 0 Å². The lowest BCUT2D eigenvalue weighted by atomic mass is 9.87. The second-order valence-corrected chi connectivity index (χ2v) is 23.3. The Labute approximate surface area is 278 Å². The second-order valence-electron chi connectivity index (χ2n) is 15.3. The van der Waals surface area contributed by atoms with Gasteiger partial charge in [-0.2, -0.15) is 0 Å². The number of nitrogens with one attached hydrogen (secondary N) is 2. The molecule has 46 heavy (non-hydrogen) atoms. The number of fused-ring (bicyclic) bond motifs is 2. The van der Waals surface area contributed by atoms with Crippen LogP contribution in [0.15, 0.2) is 109 Å². The van der Waals surface area contributed by atoms with Gasteiger partial charge in [0.1, 0.15) is 0 Å². The third-order valence-electron chi connectivity index (χ3n) is 9.10. The summed E-state index contributed by atoms with van der Waals surface area (Å²) in [7, 11) is -2.53. The quantitative estimate of drug-likeness (QED) is 0.103. The summed E-state index contributed by atoms with van der Waals surface area (Å²) in [6.07, 6.45) is 0. The Morgan fingerprint density at radius 3 is 1.76 bits per heavy atom. The fraction of sp³-hybridized carbons (Fsp3) is 0.238. The molecule has 0 spiro atoms. The van der Waals surface area contributed by atoms with E-state index in [2.05, 4.69) is 180 Å². The van der Waals surface area contributed by atoms with Gasteiger partial charge < -0.3 is 10.6 Å². The van der Waals surface area contributed by atoms with E-state index < -0.39 is 16.9 Å². The molecule has 6 rings (SSSR count). The Bertz CT molecular complexity index is 2020. The van der Waals surface area contributed by atoms with Crippen molar-refractivity contribution >= 4 is 71.5 Å². The number of anilines is 4. The summed E-state index contributed by atoms with van der Waals surface area (Å²) < 4.78 is 0. The average molecular weight is 637 g/mol. The van der Waals surface area contributed by atoms with Crippen LogP contribution >= 0.6 is 0 Å². The maximum atomic E-state index is 4.02. The second kappa shape index (κ2) is 12.2. The van der Waals surface area contributed by atoms with Gasteiger partial charge in [0.25, 0.3) is 0 Å². The molecule has 0 aliphatic heterocycles. The fourth-order valence-corrected chi connectivity index (χ4v) is 8.62. The van der Waals surface area contributed by atoms with Crippen LogP contribution in [-0.2, 0) is 5.41 Å². The fourth-order valence-electron chi connectivity index (χ4n) is 6.33. The molecule has 0 amide bonds. The van der Waals surface area contributed by atoms with E-state index in [1.165, 1.54) is 54.2 Å². The molecule has 2 N–H and O–H groups in total. The highest BCUT2D eigenvalue weighted by molar-refractivity contribution is 6.88. The molecule has 0 aromatic heterocycles. The van der Waals surface area contributed by atoms with Crippen molar-refractivity contribution in [3.8, 4) is 11.1 Å². The van der Waals surface area contributed by atoms with Gasteiger partial charge in [0.15, 0.2) is 0 Å². The first-order valence-corrected chi connectivity index (χ1v) is 23.0. The molecule has 6 aromatic rings. The number of hydrogen-bond acceptors (Lipinski definition) is 2. The van der Waals surface area contributed by atoms with E-state index in [4.69, 9.17) is 0 Å². The van der Waals surface area contributed by atoms with Gasteiger partial charge in [-0.15, -0.1) is 0 Å². The van der Waals surface area contributed by atoms with Gasteiger partial charge in [-0.1, -0.05) is 143 Å². The maximum Gasteiger partial charge on any atom is 0.0777 e. The molecule has 4 heteroatoms. The zero-order valence-corrected chi connectivity index (χ0v) is 31.1. The van der Waals surface area contributed by atoms with Crippen LogP contribution in [0.4, 0.5) is 22.7 Å². The molecule has 0 unspecified atom stereocenters. The molecule has 0 radical (unpaired) electrons. The summed E-state index contributed by atoms with van der Waals surface area (Å²) in [6.45, 7) is 21.3. The van der Waals surface area contributed by atoms with Crippen LogP contribution < -0.4 is 21.0 Å². The monoisotopic (exact) mass is 636 g/mol. The number of benzene rings is 6. The number of rotatable bonds is 7. The third kappa shape index (κ3) is 6.56. The Morgan fingerprint density at radius 2 is 1.15 bits per heavy atom. The molecule has 0 heterocycles. The Balaban J connectivity index is 1.63. The van der Waals surface area contributed by atoms with Crippen molar-refractivity contribution in [3.63, 3.8) is 0 Å². The molecule has 0 aliphatic carbocycles. The summed E-state index contributed by atoms with van der Waals surface area (Å²) in [5.41, 5.74) is 9.79. The minimum absolute atomic E-state index is 0.0516. The zero-order chi connectivity index (χ0) is 32.8. The van der Waals surface area contributed by atoms with E-state index in [0.29, 0.717) is 0 Å². The smallest absolute Gasteiger partial charge is 0.0777 e. The molecule has 0 fully saturated rings. The van der Waals surface area contributed by atoms with Crippen LogP contribution in [-0.4, -0.2) is 16.9 Å². The van der Waals surface area contributed by atoms with Crippen molar-refractivity contribution in [1.82, 2.24) is 0 Å². The predicted molar refractivity (Wildman–Crippen MR) is 211 cm³/mol. The van der Waals surface area contributed by atoms with Gasteiger partial charge in [0.05, 0.1) is 28.2 Å². The third-order valence-corrected chi connectivity index (χ3v) is 12.8.